The molecule has 0 bridgehead atoms. The zero-order chi connectivity index (χ0) is 11.5. The van der Waals surface area contributed by atoms with E-state index in [1.54, 1.807) is 4.90 Å². The van der Waals surface area contributed by atoms with Gasteiger partial charge in [-0.3, -0.25) is 0 Å². The first-order valence-corrected chi connectivity index (χ1v) is 5.29. The summed E-state index contributed by atoms with van der Waals surface area (Å²) in [6.07, 6.45) is 3.58. The van der Waals surface area contributed by atoms with Crippen LogP contribution >= 0.6 is 0 Å². The van der Waals surface area contributed by atoms with Crippen molar-refractivity contribution in [3.63, 3.8) is 0 Å². The fourth-order valence-corrected chi connectivity index (χ4v) is 1.65. The molecular weight excluding hydrogens is 190 g/mol. The number of amides is 1. The summed E-state index contributed by atoms with van der Waals surface area (Å²) in [6, 6.07) is 0.109. The highest BCUT2D eigenvalue weighted by Gasteiger charge is 2.30. The van der Waals surface area contributed by atoms with Crippen molar-refractivity contribution < 1.29 is 9.53 Å². The molecule has 84 valence electrons. The van der Waals surface area contributed by atoms with Gasteiger partial charge in [0.1, 0.15) is 5.60 Å². The maximum Gasteiger partial charge on any atom is 0.410 e. The van der Waals surface area contributed by atoms with Crippen LogP contribution in [0.1, 0.15) is 33.6 Å². The lowest BCUT2D eigenvalue weighted by Crippen LogP contribution is -2.38. The second kappa shape index (κ2) is 4.54. The standard InChI is InChI=1S/C12H19NO2/c1-5-7-10-8-6-9-13(10)11(14)15-12(2,3)4/h7,10H,1,6,8-9H2,2-4H3. The summed E-state index contributed by atoms with van der Waals surface area (Å²) in [7, 11) is 0. The summed E-state index contributed by atoms with van der Waals surface area (Å²) in [5.41, 5.74) is 2.30. The average Bonchev–Trinajstić information content (AvgIpc) is 2.49. The number of rotatable bonds is 1. The molecule has 0 saturated carbocycles. The lowest BCUT2D eigenvalue weighted by Gasteiger charge is -2.26. The molecule has 3 heteroatoms. The Morgan fingerprint density at radius 2 is 2.27 bits per heavy atom. The van der Waals surface area contributed by atoms with Crippen molar-refractivity contribution >= 4 is 6.09 Å². The van der Waals surface area contributed by atoms with E-state index in [1.165, 1.54) is 0 Å². The third-order valence-corrected chi connectivity index (χ3v) is 2.24. The molecule has 0 aromatic heterocycles. The Labute approximate surface area is 91.4 Å². The molecular formula is C12H19NO2. The first kappa shape index (κ1) is 11.9. The molecule has 1 unspecified atom stereocenters. The zero-order valence-electron chi connectivity index (χ0n) is 9.75. The number of ether oxygens (including phenoxy) is 1. The van der Waals surface area contributed by atoms with Gasteiger partial charge < -0.3 is 9.64 Å². The zero-order valence-corrected chi connectivity index (χ0v) is 9.75. The van der Waals surface area contributed by atoms with E-state index in [1.807, 2.05) is 26.8 Å². The van der Waals surface area contributed by atoms with Crippen LogP contribution in [0.5, 0.6) is 0 Å². The predicted molar refractivity (Wildman–Crippen MR) is 59.7 cm³/mol. The summed E-state index contributed by atoms with van der Waals surface area (Å²) in [4.78, 5) is 13.5. The number of nitrogens with zero attached hydrogens (tertiary/aromatic N) is 1. The molecule has 1 heterocycles. The van der Waals surface area contributed by atoms with Crippen molar-refractivity contribution in [1.29, 1.82) is 0 Å². The van der Waals surface area contributed by atoms with Gasteiger partial charge in [0.25, 0.3) is 0 Å². The first-order chi connectivity index (χ1) is 6.94. The smallest absolute Gasteiger partial charge is 0.410 e. The number of carbonyl (C=O) groups excluding carboxylic acids is 1. The summed E-state index contributed by atoms with van der Waals surface area (Å²) in [6.45, 7) is 9.92. The van der Waals surface area contributed by atoms with E-state index in [9.17, 15) is 4.79 Å². The highest BCUT2D eigenvalue weighted by Crippen LogP contribution is 2.21. The molecule has 0 spiro atoms. The van der Waals surface area contributed by atoms with Crippen LogP contribution in [0.2, 0.25) is 0 Å². The van der Waals surface area contributed by atoms with E-state index in [-0.39, 0.29) is 12.1 Å². The van der Waals surface area contributed by atoms with Crippen LogP contribution in [-0.4, -0.2) is 29.2 Å². The van der Waals surface area contributed by atoms with Gasteiger partial charge in [-0.05, 0) is 39.7 Å². The SMILES string of the molecule is C=C=CC1CCCN1C(=O)OC(C)(C)C. The fourth-order valence-electron chi connectivity index (χ4n) is 1.65. The normalized spacial score (nSPS) is 21.0. The van der Waals surface area contributed by atoms with Crippen LogP contribution in [0.3, 0.4) is 0 Å². The molecule has 1 aliphatic rings. The van der Waals surface area contributed by atoms with Gasteiger partial charge in [0.05, 0.1) is 6.04 Å². The quantitative estimate of drug-likeness (QED) is 0.621. The third kappa shape index (κ3) is 3.45. The minimum atomic E-state index is -0.428. The maximum atomic E-state index is 11.8. The van der Waals surface area contributed by atoms with E-state index >= 15 is 0 Å². The molecule has 3 nitrogen and oxygen atoms in total. The van der Waals surface area contributed by atoms with E-state index in [4.69, 9.17) is 4.74 Å². The minimum Gasteiger partial charge on any atom is -0.444 e. The van der Waals surface area contributed by atoms with Crippen LogP contribution in [0.4, 0.5) is 4.79 Å². The topological polar surface area (TPSA) is 29.5 Å². The third-order valence-electron chi connectivity index (χ3n) is 2.24. The van der Waals surface area contributed by atoms with E-state index in [2.05, 4.69) is 12.3 Å². The van der Waals surface area contributed by atoms with E-state index in [0.29, 0.717) is 0 Å². The molecule has 0 N–H and O–H groups in total. The van der Waals surface area contributed by atoms with Crippen molar-refractivity contribution in [1.82, 2.24) is 4.90 Å². The first-order valence-electron chi connectivity index (χ1n) is 5.29. The van der Waals surface area contributed by atoms with Gasteiger partial charge in [0.15, 0.2) is 0 Å². The lowest BCUT2D eigenvalue weighted by molar-refractivity contribution is 0.0256. The second-order valence-electron chi connectivity index (χ2n) is 4.75. The van der Waals surface area contributed by atoms with Crippen molar-refractivity contribution in [2.24, 2.45) is 0 Å². The Hall–Kier alpha value is -1.21. The summed E-state index contributed by atoms with van der Waals surface area (Å²) in [5, 5.41) is 0. The van der Waals surface area contributed by atoms with E-state index < -0.39 is 5.60 Å². The number of likely N-dealkylation sites (tertiary alicyclic amines) is 1. The molecule has 0 aliphatic carbocycles. The predicted octanol–water partition coefficient (Wildman–Crippen LogP) is 2.73. The minimum absolute atomic E-state index is 0.109. The van der Waals surface area contributed by atoms with Crippen LogP contribution in [-0.2, 0) is 4.74 Å². The number of hydrogen-bond donors (Lipinski definition) is 0. The number of carbonyl (C=O) groups is 1. The Morgan fingerprint density at radius 3 is 2.80 bits per heavy atom. The average molecular weight is 209 g/mol. The van der Waals surface area contributed by atoms with Gasteiger partial charge in [0.2, 0.25) is 0 Å². The van der Waals surface area contributed by atoms with Crippen LogP contribution in [0.15, 0.2) is 18.4 Å². The second-order valence-corrected chi connectivity index (χ2v) is 4.75. The molecule has 1 atom stereocenters. The molecule has 1 saturated heterocycles. The van der Waals surface area contributed by atoms with Crippen LogP contribution < -0.4 is 0 Å². The van der Waals surface area contributed by atoms with Crippen molar-refractivity contribution in [2.75, 3.05) is 6.54 Å². The molecule has 0 aromatic carbocycles. The van der Waals surface area contributed by atoms with Gasteiger partial charge >= 0.3 is 6.09 Å². The Bertz CT molecular complexity index is 284. The molecule has 1 fully saturated rings. The molecule has 0 radical (unpaired) electrons. The molecule has 1 aliphatic heterocycles. The highest BCUT2D eigenvalue weighted by atomic mass is 16.6. The van der Waals surface area contributed by atoms with Gasteiger partial charge in [-0.2, -0.15) is 0 Å². The summed E-state index contributed by atoms with van der Waals surface area (Å²) in [5.74, 6) is 0. The Balaban J connectivity index is 2.62. The monoisotopic (exact) mass is 209 g/mol. The number of hydrogen-bond acceptors (Lipinski definition) is 2. The fraction of sp³-hybridized carbons (Fsp3) is 0.667. The van der Waals surface area contributed by atoms with Crippen LogP contribution in [0.25, 0.3) is 0 Å². The van der Waals surface area contributed by atoms with Crippen molar-refractivity contribution in [2.45, 2.75) is 45.3 Å². The van der Waals surface area contributed by atoms with Crippen molar-refractivity contribution in [3.8, 4) is 0 Å². The van der Waals surface area contributed by atoms with Gasteiger partial charge in [0, 0.05) is 6.54 Å². The van der Waals surface area contributed by atoms with Crippen LogP contribution in [0, 0.1) is 0 Å². The molecule has 1 amide bonds. The molecule has 15 heavy (non-hydrogen) atoms. The van der Waals surface area contributed by atoms with Crippen molar-refractivity contribution in [3.05, 3.63) is 18.4 Å². The Morgan fingerprint density at radius 1 is 1.60 bits per heavy atom. The highest BCUT2D eigenvalue weighted by molar-refractivity contribution is 5.69. The Kier molecular flexibility index (Phi) is 3.59. The largest absolute Gasteiger partial charge is 0.444 e. The van der Waals surface area contributed by atoms with Gasteiger partial charge in [-0.1, -0.05) is 6.58 Å². The summed E-state index contributed by atoms with van der Waals surface area (Å²) < 4.78 is 5.32. The van der Waals surface area contributed by atoms with E-state index in [0.717, 1.165) is 19.4 Å². The summed E-state index contributed by atoms with van der Waals surface area (Å²) >= 11 is 0. The molecule has 0 aromatic rings. The van der Waals surface area contributed by atoms with Gasteiger partial charge in [-0.25, -0.2) is 4.79 Å². The maximum absolute atomic E-state index is 11.8. The lowest BCUT2D eigenvalue weighted by atomic mass is 10.2. The van der Waals surface area contributed by atoms with Gasteiger partial charge in [-0.15, -0.1) is 5.73 Å². The molecule has 1 rings (SSSR count).